The zero-order chi connectivity index (χ0) is 13.1. The first-order valence-corrected chi connectivity index (χ1v) is 5.62. The van der Waals surface area contributed by atoms with Gasteiger partial charge in [-0.2, -0.15) is 0 Å². The molecule has 0 aromatic heterocycles. The molecule has 1 heterocycles. The molecule has 1 aliphatic heterocycles. The van der Waals surface area contributed by atoms with Gasteiger partial charge >= 0.3 is 5.97 Å². The maximum Gasteiger partial charge on any atom is 0.306 e. The molecule has 1 aliphatic rings. The van der Waals surface area contributed by atoms with Gasteiger partial charge in [-0.05, 0) is 26.7 Å². The van der Waals surface area contributed by atoms with E-state index < -0.39 is 23.6 Å². The fraction of sp³-hybridized carbons (Fsp3) is 0.818. The van der Waals surface area contributed by atoms with Crippen molar-refractivity contribution in [2.45, 2.75) is 44.3 Å². The molecule has 0 saturated carbocycles. The summed E-state index contributed by atoms with van der Waals surface area (Å²) in [4.78, 5) is 22.3. The summed E-state index contributed by atoms with van der Waals surface area (Å²) >= 11 is 0. The molecule has 0 bridgehead atoms. The lowest BCUT2D eigenvalue weighted by Crippen LogP contribution is -2.49. The number of carboxylic acid groups (broad SMARTS) is 1. The second-order valence-electron chi connectivity index (χ2n) is 4.93. The minimum atomic E-state index is -1.45. The van der Waals surface area contributed by atoms with Crippen LogP contribution in [0.4, 0.5) is 0 Å². The maximum absolute atomic E-state index is 11.8. The highest BCUT2D eigenvalue weighted by Crippen LogP contribution is 2.25. The maximum atomic E-state index is 11.8. The molecule has 2 atom stereocenters. The summed E-state index contributed by atoms with van der Waals surface area (Å²) < 4.78 is 5.34. The number of hydrogen-bond donors (Lipinski definition) is 3. The van der Waals surface area contributed by atoms with Crippen molar-refractivity contribution in [3.8, 4) is 0 Å². The number of ether oxygens (including phenoxy) is 1. The van der Waals surface area contributed by atoms with Gasteiger partial charge in [0.2, 0.25) is 0 Å². The van der Waals surface area contributed by atoms with Crippen LogP contribution in [0.3, 0.4) is 0 Å². The van der Waals surface area contributed by atoms with Crippen LogP contribution in [0, 0.1) is 0 Å². The summed E-state index contributed by atoms with van der Waals surface area (Å²) in [5.41, 5.74) is -2.30. The lowest BCUT2D eigenvalue weighted by atomic mass is 9.99. The monoisotopic (exact) mass is 245 g/mol. The molecule has 6 heteroatoms. The fourth-order valence-electron chi connectivity index (χ4n) is 1.80. The van der Waals surface area contributed by atoms with E-state index in [4.69, 9.17) is 9.84 Å². The van der Waals surface area contributed by atoms with Gasteiger partial charge in [-0.1, -0.05) is 0 Å². The van der Waals surface area contributed by atoms with Crippen LogP contribution in [0.2, 0.25) is 0 Å². The third-order valence-electron chi connectivity index (χ3n) is 2.86. The Kier molecular flexibility index (Phi) is 4.11. The Hall–Kier alpha value is -1.14. The summed E-state index contributed by atoms with van der Waals surface area (Å²) in [5, 5.41) is 20.8. The second kappa shape index (κ2) is 5.01. The predicted molar refractivity (Wildman–Crippen MR) is 59.5 cm³/mol. The van der Waals surface area contributed by atoms with E-state index in [1.54, 1.807) is 6.92 Å². The van der Waals surface area contributed by atoms with Crippen LogP contribution in [0.1, 0.15) is 33.1 Å². The molecule has 1 rings (SSSR count). The third kappa shape index (κ3) is 3.98. The van der Waals surface area contributed by atoms with Gasteiger partial charge in [-0.3, -0.25) is 9.59 Å². The standard InChI is InChI=1S/C11H19NO5/c1-10(16,6-8(13)14)7-12-9(15)11(2)4-3-5-17-11/h16H,3-7H2,1-2H3,(H,12,15)(H,13,14). The zero-order valence-electron chi connectivity index (χ0n) is 10.2. The lowest BCUT2D eigenvalue weighted by Gasteiger charge is -2.26. The van der Waals surface area contributed by atoms with Crippen LogP contribution in [0.25, 0.3) is 0 Å². The van der Waals surface area contributed by atoms with E-state index in [1.165, 1.54) is 6.92 Å². The number of aliphatic carboxylic acids is 1. The van der Waals surface area contributed by atoms with E-state index in [2.05, 4.69) is 5.32 Å². The first kappa shape index (κ1) is 13.9. The van der Waals surface area contributed by atoms with Crippen molar-refractivity contribution in [1.29, 1.82) is 0 Å². The Bertz CT molecular complexity index is 307. The Morgan fingerprint density at radius 1 is 1.53 bits per heavy atom. The smallest absolute Gasteiger partial charge is 0.306 e. The van der Waals surface area contributed by atoms with Crippen LogP contribution >= 0.6 is 0 Å². The van der Waals surface area contributed by atoms with Gasteiger partial charge in [0, 0.05) is 13.2 Å². The van der Waals surface area contributed by atoms with E-state index in [0.29, 0.717) is 13.0 Å². The number of amides is 1. The van der Waals surface area contributed by atoms with Crippen molar-refractivity contribution < 1.29 is 24.5 Å². The summed E-state index contributed by atoms with van der Waals surface area (Å²) in [6, 6.07) is 0. The van der Waals surface area contributed by atoms with Crippen LogP contribution in [0.15, 0.2) is 0 Å². The molecule has 0 aromatic rings. The number of nitrogens with one attached hydrogen (secondary N) is 1. The third-order valence-corrected chi connectivity index (χ3v) is 2.86. The van der Waals surface area contributed by atoms with Gasteiger partial charge < -0.3 is 20.3 Å². The zero-order valence-corrected chi connectivity index (χ0v) is 10.2. The average molecular weight is 245 g/mol. The van der Waals surface area contributed by atoms with Crippen molar-refractivity contribution in [1.82, 2.24) is 5.32 Å². The predicted octanol–water partition coefficient (Wildman–Crippen LogP) is -0.103. The Labute approximate surface area is 100.0 Å². The van der Waals surface area contributed by atoms with E-state index in [9.17, 15) is 14.7 Å². The van der Waals surface area contributed by atoms with Crippen LogP contribution in [-0.4, -0.2) is 46.4 Å². The molecular formula is C11H19NO5. The van der Waals surface area contributed by atoms with Crippen LogP contribution in [0.5, 0.6) is 0 Å². The molecule has 1 fully saturated rings. The fourth-order valence-corrected chi connectivity index (χ4v) is 1.80. The Morgan fingerprint density at radius 3 is 2.65 bits per heavy atom. The molecule has 6 nitrogen and oxygen atoms in total. The number of carbonyl (C=O) groups is 2. The van der Waals surface area contributed by atoms with Crippen molar-refractivity contribution in [3.63, 3.8) is 0 Å². The number of carboxylic acids is 1. The Balaban J connectivity index is 2.44. The summed E-state index contributed by atoms with van der Waals surface area (Å²) in [6.07, 6.45) is 1.06. The van der Waals surface area contributed by atoms with Gasteiger partial charge in [0.05, 0.1) is 12.0 Å². The SMILES string of the molecule is CC(O)(CNC(=O)C1(C)CCCO1)CC(=O)O. The molecule has 0 aliphatic carbocycles. The highest BCUT2D eigenvalue weighted by Gasteiger charge is 2.38. The molecule has 17 heavy (non-hydrogen) atoms. The quantitative estimate of drug-likeness (QED) is 0.628. The van der Waals surface area contributed by atoms with Crippen molar-refractivity contribution >= 4 is 11.9 Å². The number of carbonyl (C=O) groups excluding carboxylic acids is 1. The Morgan fingerprint density at radius 2 is 2.18 bits per heavy atom. The van der Waals surface area contributed by atoms with Gasteiger partial charge in [0.25, 0.3) is 5.91 Å². The first-order chi connectivity index (χ1) is 7.75. The van der Waals surface area contributed by atoms with E-state index >= 15 is 0 Å². The molecule has 0 aromatic carbocycles. The summed E-state index contributed by atoms with van der Waals surface area (Å²) in [6.45, 7) is 3.52. The molecule has 3 N–H and O–H groups in total. The topological polar surface area (TPSA) is 95.9 Å². The molecule has 2 unspecified atom stereocenters. The van der Waals surface area contributed by atoms with Crippen molar-refractivity contribution in [2.75, 3.05) is 13.2 Å². The van der Waals surface area contributed by atoms with Crippen LogP contribution < -0.4 is 5.32 Å². The molecule has 0 radical (unpaired) electrons. The van der Waals surface area contributed by atoms with Crippen LogP contribution in [-0.2, 0) is 14.3 Å². The van der Waals surface area contributed by atoms with E-state index in [1.807, 2.05) is 0 Å². The van der Waals surface area contributed by atoms with Gasteiger partial charge in [-0.15, -0.1) is 0 Å². The molecule has 1 amide bonds. The highest BCUT2D eigenvalue weighted by molar-refractivity contribution is 5.85. The van der Waals surface area contributed by atoms with E-state index in [0.717, 1.165) is 6.42 Å². The minimum Gasteiger partial charge on any atom is -0.481 e. The van der Waals surface area contributed by atoms with Crippen molar-refractivity contribution in [3.05, 3.63) is 0 Å². The highest BCUT2D eigenvalue weighted by atomic mass is 16.5. The molecule has 98 valence electrons. The van der Waals surface area contributed by atoms with Gasteiger partial charge in [0.1, 0.15) is 5.60 Å². The number of aliphatic hydroxyl groups is 1. The number of hydrogen-bond acceptors (Lipinski definition) is 4. The normalized spacial score (nSPS) is 27.5. The van der Waals surface area contributed by atoms with Crippen molar-refractivity contribution in [2.24, 2.45) is 0 Å². The lowest BCUT2D eigenvalue weighted by molar-refractivity contribution is -0.145. The summed E-state index contributed by atoms with van der Waals surface area (Å²) in [7, 11) is 0. The first-order valence-electron chi connectivity index (χ1n) is 5.62. The van der Waals surface area contributed by atoms with Gasteiger partial charge in [-0.25, -0.2) is 0 Å². The van der Waals surface area contributed by atoms with E-state index in [-0.39, 0.29) is 12.5 Å². The number of rotatable bonds is 5. The second-order valence-corrected chi connectivity index (χ2v) is 4.93. The average Bonchev–Trinajstić information content (AvgIpc) is 2.61. The largest absolute Gasteiger partial charge is 0.481 e. The minimum absolute atomic E-state index is 0.100. The molecule has 0 spiro atoms. The van der Waals surface area contributed by atoms with Gasteiger partial charge in [0.15, 0.2) is 0 Å². The molecular weight excluding hydrogens is 226 g/mol. The summed E-state index contributed by atoms with van der Waals surface area (Å²) in [5.74, 6) is -1.41. The molecule has 1 saturated heterocycles.